The van der Waals surface area contributed by atoms with Gasteiger partial charge in [0.05, 0.1) is 7.11 Å². The van der Waals surface area contributed by atoms with Crippen molar-refractivity contribution in [1.82, 2.24) is 5.32 Å². The van der Waals surface area contributed by atoms with E-state index in [-0.39, 0.29) is 12.6 Å². The molecule has 0 bridgehead atoms. The molecular formula is C15H17NO3. The van der Waals surface area contributed by atoms with Crippen LogP contribution in [-0.2, 0) is 16.1 Å². The van der Waals surface area contributed by atoms with Crippen LogP contribution in [0.2, 0.25) is 0 Å². The van der Waals surface area contributed by atoms with Crippen LogP contribution in [-0.4, -0.2) is 26.7 Å². The molecule has 0 heterocycles. The van der Waals surface area contributed by atoms with Crippen LogP contribution in [0.15, 0.2) is 36.4 Å². The molecule has 100 valence electrons. The van der Waals surface area contributed by atoms with E-state index in [1.165, 1.54) is 7.11 Å². The Labute approximate surface area is 112 Å². The molecule has 0 aliphatic heterocycles. The average molecular weight is 259 g/mol. The monoisotopic (exact) mass is 259 g/mol. The summed E-state index contributed by atoms with van der Waals surface area (Å²) in [6.45, 7) is 0.601. The first-order valence-electron chi connectivity index (χ1n) is 6.11. The van der Waals surface area contributed by atoms with Crippen LogP contribution in [0.5, 0.6) is 5.75 Å². The third-order valence-corrected chi connectivity index (χ3v) is 2.92. The molecule has 0 saturated heterocycles. The zero-order valence-electron chi connectivity index (χ0n) is 11.1. The van der Waals surface area contributed by atoms with Crippen LogP contribution in [0.4, 0.5) is 0 Å². The van der Waals surface area contributed by atoms with E-state index in [0.29, 0.717) is 12.3 Å². The molecule has 1 N–H and O–H groups in total. The van der Waals surface area contributed by atoms with Gasteiger partial charge in [-0.3, -0.25) is 0 Å². The third kappa shape index (κ3) is 3.03. The van der Waals surface area contributed by atoms with Gasteiger partial charge in [-0.05, 0) is 23.9 Å². The van der Waals surface area contributed by atoms with Crippen molar-refractivity contribution in [2.75, 3.05) is 20.8 Å². The number of rotatable bonds is 5. The highest BCUT2D eigenvalue weighted by molar-refractivity contribution is 5.87. The highest BCUT2D eigenvalue weighted by atomic mass is 16.6. The Balaban J connectivity index is 2.36. The first-order valence-corrected chi connectivity index (χ1v) is 6.11. The van der Waals surface area contributed by atoms with Crippen molar-refractivity contribution >= 4 is 16.7 Å². The van der Waals surface area contributed by atoms with E-state index in [4.69, 9.17) is 4.74 Å². The maximum absolute atomic E-state index is 11.2. The Bertz CT molecular complexity index is 581. The lowest BCUT2D eigenvalue weighted by Crippen LogP contribution is -2.15. The summed E-state index contributed by atoms with van der Waals surface area (Å²) in [7, 11) is 3.23. The minimum absolute atomic E-state index is 0.0778. The van der Waals surface area contributed by atoms with E-state index in [0.717, 1.165) is 16.3 Å². The van der Waals surface area contributed by atoms with Gasteiger partial charge in [0.25, 0.3) is 0 Å². The SMILES string of the molecule is CNCc1c(OCC(=O)OC)ccc2ccccc12. The summed E-state index contributed by atoms with van der Waals surface area (Å²) < 4.78 is 10.1. The number of nitrogens with one attached hydrogen (secondary N) is 1. The van der Waals surface area contributed by atoms with Crippen LogP contribution in [0.25, 0.3) is 10.8 Å². The standard InChI is InChI=1S/C15H17NO3/c1-16-9-13-12-6-4-3-5-11(12)7-8-14(13)19-10-15(17)18-2/h3-8,16H,9-10H2,1-2H3. The number of hydrogen-bond donors (Lipinski definition) is 1. The van der Waals surface area contributed by atoms with Crippen LogP contribution >= 0.6 is 0 Å². The molecule has 2 aromatic carbocycles. The van der Waals surface area contributed by atoms with Gasteiger partial charge in [-0.25, -0.2) is 4.79 Å². The summed E-state index contributed by atoms with van der Waals surface area (Å²) in [6, 6.07) is 12.0. The van der Waals surface area contributed by atoms with Crippen molar-refractivity contribution in [2.45, 2.75) is 6.54 Å². The minimum Gasteiger partial charge on any atom is -0.482 e. The van der Waals surface area contributed by atoms with E-state index >= 15 is 0 Å². The summed E-state index contributed by atoms with van der Waals surface area (Å²) in [4.78, 5) is 11.2. The van der Waals surface area contributed by atoms with E-state index in [1.807, 2.05) is 37.4 Å². The van der Waals surface area contributed by atoms with Gasteiger partial charge in [0.2, 0.25) is 0 Å². The quantitative estimate of drug-likeness (QED) is 0.835. The van der Waals surface area contributed by atoms with Gasteiger partial charge >= 0.3 is 5.97 Å². The van der Waals surface area contributed by atoms with Gasteiger partial charge in [0, 0.05) is 12.1 Å². The number of carbonyl (C=O) groups is 1. The zero-order chi connectivity index (χ0) is 13.7. The molecule has 0 aliphatic carbocycles. The van der Waals surface area contributed by atoms with Crippen molar-refractivity contribution in [3.8, 4) is 5.75 Å². The predicted octanol–water partition coefficient (Wildman–Crippen LogP) is 2.11. The molecular weight excluding hydrogens is 242 g/mol. The predicted molar refractivity (Wildman–Crippen MR) is 74.2 cm³/mol. The topological polar surface area (TPSA) is 47.6 Å². The number of benzene rings is 2. The molecule has 2 rings (SSSR count). The highest BCUT2D eigenvalue weighted by Crippen LogP contribution is 2.28. The van der Waals surface area contributed by atoms with Crippen molar-refractivity contribution < 1.29 is 14.3 Å². The smallest absolute Gasteiger partial charge is 0.343 e. The normalized spacial score (nSPS) is 10.4. The molecule has 4 heteroatoms. The summed E-state index contributed by atoms with van der Waals surface area (Å²) in [5.74, 6) is 0.321. The average Bonchev–Trinajstić information content (AvgIpc) is 2.46. The van der Waals surface area contributed by atoms with Crippen molar-refractivity contribution in [3.05, 3.63) is 42.0 Å². The number of ether oxygens (including phenoxy) is 2. The second-order valence-electron chi connectivity index (χ2n) is 4.16. The summed E-state index contributed by atoms with van der Waals surface area (Å²) >= 11 is 0. The van der Waals surface area contributed by atoms with Crippen molar-refractivity contribution in [2.24, 2.45) is 0 Å². The molecule has 0 spiro atoms. The Morgan fingerprint density at radius 2 is 2.00 bits per heavy atom. The summed E-state index contributed by atoms with van der Waals surface area (Å²) in [6.07, 6.45) is 0. The molecule has 2 aromatic rings. The van der Waals surface area contributed by atoms with E-state index in [1.54, 1.807) is 0 Å². The first-order chi connectivity index (χ1) is 9.26. The Kier molecular flexibility index (Phi) is 4.36. The number of methoxy groups -OCH3 is 1. The van der Waals surface area contributed by atoms with Crippen LogP contribution in [0.1, 0.15) is 5.56 Å². The van der Waals surface area contributed by atoms with E-state index in [9.17, 15) is 4.79 Å². The third-order valence-electron chi connectivity index (χ3n) is 2.92. The fourth-order valence-electron chi connectivity index (χ4n) is 2.01. The molecule has 4 nitrogen and oxygen atoms in total. The van der Waals surface area contributed by atoms with Gasteiger partial charge in [-0.2, -0.15) is 0 Å². The van der Waals surface area contributed by atoms with E-state index in [2.05, 4.69) is 16.1 Å². The van der Waals surface area contributed by atoms with Crippen LogP contribution in [0.3, 0.4) is 0 Å². The van der Waals surface area contributed by atoms with Gasteiger partial charge < -0.3 is 14.8 Å². The lowest BCUT2D eigenvalue weighted by Gasteiger charge is -2.13. The maximum atomic E-state index is 11.2. The number of fused-ring (bicyclic) bond motifs is 1. The van der Waals surface area contributed by atoms with Gasteiger partial charge in [-0.15, -0.1) is 0 Å². The molecule has 0 atom stereocenters. The lowest BCUT2D eigenvalue weighted by atomic mass is 10.0. The maximum Gasteiger partial charge on any atom is 0.343 e. The molecule has 0 aliphatic rings. The van der Waals surface area contributed by atoms with E-state index < -0.39 is 0 Å². The molecule has 0 fully saturated rings. The Morgan fingerprint density at radius 1 is 1.21 bits per heavy atom. The summed E-state index contributed by atoms with van der Waals surface area (Å²) in [5, 5.41) is 5.40. The van der Waals surface area contributed by atoms with Crippen molar-refractivity contribution in [3.63, 3.8) is 0 Å². The van der Waals surface area contributed by atoms with Gasteiger partial charge in [-0.1, -0.05) is 30.3 Å². The summed E-state index contributed by atoms with van der Waals surface area (Å²) in [5.41, 5.74) is 1.05. The zero-order valence-corrected chi connectivity index (χ0v) is 11.1. The largest absolute Gasteiger partial charge is 0.482 e. The van der Waals surface area contributed by atoms with Gasteiger partial charge in [0.15, 0.2) is 6.61 Å². The Morgan fingerprint density at radius 3 is 2.74 bits per heavy atom. The lowest BCUT2D eigenvalue weighted by molar-refractivity contribution is -0.142. The molecule has 0 aromatic heterocycles. The molecule has 0 unspecified atom stereocenters. The number of carbonyl (C=O) groups excluding carboxylic acids is 1. The molecule has 0 amide bonds. The van der Waals surface area contributed by atoms with Crippen LogP contribution in [0, 0.1) is 0 Å². The molecule has 0 radical (unpaired) electrons. The fraction of sp³-hybridized carbons (Fsp3) is 0.267. The van der Waals surface area contributed by atoms with Crippen molar-refractivity contribution in [1.29, 1.82) is 0 Å². The highest BCUT2D eigenvalue weighted by Gasteiger charge is 2.10. The number of esters is 1. The fourth-order valence-corrected chi connectivity index (χ4v) is 2.01. The van der Waals surface area contributed by atoms with Crippen LogP contribution < -0.4 is 10.1 Å². The molecule has 19 heavy (non-hydrogen) atoms. The molecule has 0 saturated carbocycles. The minimum atomic E-state index is -0.386. The Hall–Kier alpha value is -2.07. The first kappa shape index (κ1) is 13.4. The van der Waals surface area contributed by atoms with Gasteiger partial charge in [0.1, 0.15) is 5.75 Å². The number of hydrogen-bond acceptors (Lipinski definition) is 4. The second-order valence-corrected chi connectivity index (χ2v) is 4.16. The second kappa shape index (κ2) is 6.20.